The lowest BCUT2D eigenvalue weighted by atomic mass is 9.78. The van der Waals surface area contributed by atoms with E-state index < -0.39 is 41.4 Å². The zero-order valence-corrected chi connectivity index (χ0v) is 22.7. The summed E-state index contributed by atoms with van der Waals surface area (Å²) in [5, 5.41) is 19.3. The van der Waals surface area contributed by atoms with Crippen molar-refractivity contribution in [3.8, 4) is 6.07 Å². The third-order valence-electron chi connectivity index (χ3n) is 8.05. The monoisotopic (exact) mass is 562 g/mol. The van der Waals surface area contributed by atoms with Gasteiger partial charge in [0.2, 0.25) is 11.8 Å². The summed E-state index contributed by atoms with van der Waals surface area (Å²) in [4.78, 5) is 47.5. The molecule has 40 heavy (non-hydrogen) atoms. The number of piperidine rings is 1. The van der Waals surface area contributed by atoms with E-state index >= 15 is 4.39 Å². The maximum atomic E-state index is 15.2. The first-order valence-electron chi connectivity index (χ1n) is 13.4. The highest BCUT2D eigenvalue weighted by Crippen LogP contribution is 2.38. The number of aromatic nitrogens is 1. The molecule has 3 saturated heterocycles. The molecule has 3 fully saturated rings. The molecule has 1 aromatic heterocycles. The Hall–Kier alpha value is -3.48. The van der Waals surface area contributed by atoms with Gasteiger partial charge in [0.1, 0.15) is 23.4 Å². The first-order valence-corrected chi connectivity index (χ1v) is 13.4. The fraction of sp³-hybridized carbons (Fsp3) is 0.680. The molecule has 1 aromatic rings. The van der Waals surface area contributed by atoms with Crippen LogP contribution in [0.15, 0.2) is 17.7 Å². The molecule has 4 heterocycles. The molecule has 0 aliphatic carbocycles. The van der Waals surface area contributed by atoms with Gasteiger partial charge in [-0.05, 0) is 26.8 Å². The summed E-state index contributed by atoms with van der Waals surface area (Å²) >= 11 is 0. The highest BCUT2D eigenvalue weighted by atomic mass is 19.1. The van der Waals surface area contributed by atoms with Gasteiger partial charge in [-0.25, -0.2) is 13.8 Å². The Morgan fingerprint density at radius 1 is 1.25 bits per heavy atom. The Bertz CT molecular complexity index is 1130. The van der Waals surface area contributed by atoms with E-state index in [1.165, 1.54) is 6.20 Å². The smallest absolute Gasteiger partial charge is 0.243 e. The van der Waals surface area contributed by atoms with Gasteiger partial charge in [0, 0.05) is 51.9 Å². The molecular weight excluding hydrogens is 526 g/mol. The fourth-order valence-electron chi connectivity index (χ4n) is 5.66. The molecule has 0 saturated carbocycles. The molecule has 0 radical (unpaired) electrons. The average molecular weight is 563 g/mol. The number of hydrogen-bond acceptors (Lipinski definition) is 10. The van der Waals surface area contributed by atoms with Gasteiger partial charge in [0.25, 0.3) is 0 Å². The molecule has 218 valence electrons. The molecule has 2 amide bonds. The molecule has 0 aromatic carbocycles. The number of carbonyl (C=O) groups is 2. The topological polar surface area (TPSA) is 163 Å². The Morgan fingerprint density at radius 2 is 1.93 bits per heavy atom. The second-order valence-electron chi connectivity index (χ2n) is 10.8. The maximum Gasteiger partial charge on any atom is 0.243 e. The third kappa shape index (κ3) is 5.98. The number of nitrogens with zero attached hydrogens (tertiary/aromatic N) is 7. The molecule has 4 unspecified atom stereocenters. The Morgan fingerprint density at radius 3 is 2.52 bits per heavy atom. The van der Waals surface area contributed by atoms with Crippen LogP contribution in [-0.4, -0.2) is 109 Å². The zero-order valence-electron chi connectivity index (χ0n) is 22.7. The standard InChI is InChI=1S/C25H36F2N10O3/c1-16(29)20(22-31-11-17(26)14-37(22)33-40)23(38)32-19-13-30-12-18(27)21(19)35-5-3-25(15-28,4-6-35)24(39)36-9-7-34(2)8-10-36/h12-13,16-17,20,22,31H,3-11,14,29H2,1-2H3,(H,32,38). The van der Waals surface area contributed by atoms with Gasteiger partial charge in [-0.3, -0.25) is 19.9 Å². The van der Waals surface area contributed by atoms with Crippen LogP contribution in [0.3, 0.4) is 0 Å². The van der Waals surface area contributed by atoms with E-state index in [2.05, 4.69) is 31.9 Å². The van der Waals surface area contributed by atoms with Gasteiger partial charge < -0.3 is 25.8 Å². The summed E-state index contributed by atoms with van der Waals surface area (Å²) in [6, 6.07) is 1.47. The Kier molecular flexibility index (Phi) is 9.12. The van der Waals surface area contributed by atoms with Crippen LogP contribution in [0.25, 0.3) is 0 Å². The number of amides is 2. The van der Waals surface area contributed by atoms with Crippen LogP contribution in [-0.2, 0) is 9.59 Å². The van der Waals surface area contributed by atoms with Gasteiger partial charge >= 0.3 is 0 Å². The largest absolute Gasteiger partial charge is 0.367 e. The van der Waals surface area contributed by atoms with Crippen LogP contribution in [0, 0.1) is 33.4 Å². The summed E-state index contributed by atoms with van der Waals surface area (Å²) in [5.41, 5.74) is 5.05. The van der Waals surface area contributed by atoms with E-state index in [-0.39, 0.29) is 56.3 Å². The number of likely N-dealkylation sites (N-methyl/N-ethyl adjacent to an activating group) is 1. The molecule has 15 heteroatoms. The molecular formula is C25H36F2N10O3. The average Bonchev–Trinajstić information content (AvgIpc) is 2.94. The maximum absolute atomic E-state index is 15.2. The predicted molar refractivity (Wildman–Crippen MR) is 143 cm³/mol. The van der Waals surface area contributed by atoms with E-state index in [1.807, 2.05) is 7.05 Å². The minimum Gasteiger partial charge on any atom is -0.367 e. The summed E-state index contributed by atoms with van der Waals surface area (Å²) in [5.74, 6) is -2.54. The minimum absolute atomic E-state index is 0.0790. The van der Waals surface area contributed by atoms with Crippen LogP contribution in [0.5, 0.6) is 0 Å². The number of halogens is 2. The second kappa shape index (κ2) is 12.4. The summed E-state index contributed by atoms with van der Waals surface area (Å²) < 4.78 is 29.0. The van der Waals surface area contributed by atoms with Crippen LogP contribution in [0.2, 0.25) is 0 Å². The zero-order chi connectivity index (χ0) is 29.0. The number of rotatable bonds is 7. The molecule has 3 aliphatic heterocycles. The van der Waals surface area contributed by atoms with E-state index in [0.717, 1.165) is 24.3 Å². The van der Waals surface area contributed by atoms with Crippen LogP contribution in [0.1, 0.15) is 19.8 Å². The van der Waals surface area contributed by atoms with Crippen molar-refractivity contribution in [1.29, 1.82) is 5.26 Å². The number of pyridine rings is 1. The van der Waals surface area contributed by atoms with Crippen LogP contribution < -0.4 is 21.3 Å². The molecule has 4 atom stereocenters. The predicted octanol–water partition coefficient (Wildman–Crippen LogP) is 0.258. The lowest BCUT2D eigenvalue weighted by molar-refractivity contribution is -0.141. The van der Waals surface area contributed by atoms with Crippen LogP contribution >= 0.6 is 0 Å². The van der Waals surface area contributed by atoms with Gasteiger partial charge in [-0.1, -0.05) is 0 Å². The molecule has 0 bridgehead atoms. The van der Waals surface area contributed by atoms with Gasteiger partial charge in [0.05, 0.1) is 41.9 Å². The fourth-order valence-corrected chi connectivity index (χ4v) is 5.66. The van der Waals surface area contributed by atoms with E-state index in [9.17, 15) is 24.1 Å². The summed E-state index contributed by atoms with van der Waals surface area (Å²) in [7, 11) is 1.98. The molecule has 13 nitrogen and oxygen atoms in total. The highest BCUT2D eigenvalue weighted by Gasteiger charge is 2.45. The van der Waals surface area contributed by atoms with Gasteiger partial charge in [0.15, 0.2) is 5.82 Å². The normalized spacial score (nSPS) is 25.1. The van der Waals surface area contributed by atoms with Crippen molar-refractivity contribution in [2.75, 3.05) is 69.6 Å². The molecule has 4 rings (SSSR count). The van der Waals surface area contributed by atoms with Crippen molar-refractivity contribution in [2.24, 2.45) is 22.4 Å². The first-order chi connectivity index (χ1) is 19.1. The van der Waals surface area contributed by atoms with Gasteiger partial charge in [-0.2, -0.15) is 5.26 Å². The first kappa shape index (κ1) is 29.5. The highest BCUT2D eigenvalue weighted by molar-refractivity contribution is 5.96. The summed E-state index contributed by atoms with van der Waals surface area (Å²) in [6.07, 6.45) is 0.426. The van der Waals surface area contributed by atoms with E-state index in [1.54, 1.807) is 16.7 Å². The number of nitroso groups, excluding NO2 is 1. The number of anilines is 2. The number of piperazine rings is 1. The Labute approximate surface area is 231 Å². The summed E-state index contributed by atoms with van der Waals surface area (Å²) in [6.45, 7) is 4.19. The van der Waals surface area contributed by atoms with Crippen molar-refractivity contribution in [3.63, 3.8) is 0 Å². The minimum atomic E-state index is -1.34. The van der Waals surface area contributed by atoms with Crippen molar-refractivity contribution < 1.29 is 18.4 Å². The Balaban J connectivity index is 1.50. The number of hydrogen-bond donors (Lipinski definition) is 3. The van der Waals surface area contributed by atoms with Crippen molar-refractivity contribution >= 4 is 23.2 Å². The van der Waals surface area contributed by atoms with Gasteiger partial charge in [-0.15, -0.1) is 4.91 Å². The lowest BCUT2D eigenvalue weighted by Crippen LogP contribution is -2.62. The number of alkyl halides is 1. The molecule has 4 N–H and O–H groups in total. The van der Waals surface area contributed by atoms with Crippen molar-refractivity contribution in [3.05, 3.63) is 23.1 Å². The molecule has 0 spiro atoms. The SMILES string of the molecule is CC(N)C(C(=O)Nc1cncc(F)c1N1CCC(C#N)(C(=O)N2CCN(C)CC2)CC1)C1NCC(F)CN1N=O. The number of nitriles is 1. The number of nitrogens with two attached hydrogens (primary N) is 1. The van der Waals surface area contributed by atoms with Crippen molar-refractivity contribution in [2.45, 2.75) is 38.1 Å². The quantitative estimate of drug-likeness (QED) is 0.393. The van der Waals surface area contributed by atoms with Crippen LogP contribution in [0.4, 0.5) is 20.2 Å². The molecule has 3 aliphatic rings. The van der Waals surface area contributed by atoms with E-state index in [0.29, 0.717) is 13.1 Å². The van der Waals surface area contributed by atoms with Crippen molar-refractivity contribution in [1.82, 2.24) is 25.1 Å². The third-order valence-corrected chi connectivity index (χ3v) is 8.05. The number of carbonyl (C=O) groups excluding carboxylic acids is 2. The lowest BCUT2D eigenvalue weighted by Gasteiger charge is -2.42. The number of nitrogens with one attached hydrogen (secondary N) is 2. The van der Waals surface area contributed by atoms with E-state index in [4.69, 9.17) is 5.73 Å². The second-order valence-corrected chi connectivity index (χ2v) is 10.8.